The van der Waals surface area contributed by atoms with Crippen LogP contribution in [0.25, 0.3) is 0 Å². The van der Waals surface area contributed by atoms with Gasteiger partial charge in [0.05, 0.1) is 11.2 Å². The van der Waals surface area contributed by atoms with Crippen molar-refractivity contribution < 1.29 is 19.6 Å². The van der Waals surface area contributed by atoms with Gasteiger partial charge in [0.15, 0.2) is 0 Å². The summed E-state index contributed by atoms with van der Waals surface area (Å²) in [5, 5.41) is 0. The molecule has 120 valence electrons. The second-order valence-electron chi connectivity index (χ2n) is 6.95. The molecular weight excluding hydrogens is 256 g/mol. The smallest absolute Gasteiger partial charge is 0.122 e. The minimum atomic E-state index is -0.258. The van der Waals surface area contributed by atoms with E-state index in [0.29, 0.717) is 0 Å². The van der Waals surface area contributed by atoms with Crippen LogP contribution in [0.5, 0.6) is 0 Å². The zero-order chi connectivity index (χ0) is 15.2. The lowest BCUT2D eigenvalue weighted by Gasteiger charge is -2.34. The van der Waals surface area contributed by atoms with Crippen LogP contribution in [-0.2, 0) is 19.6 Å². The van der Waals surface area contributed by atoms with Gasteiger partial charge in [0.25, 0.3) is 0 Å². The Balaban J connectivity index is 2.46. The van der Waals surface area contributed by atoms with Crippen LogP contribution in [-0.4, -0.2) is 23.4 Å². The molecule has 2 atom stereocenters. The predicted molar refractivity (Wildman–Crippen MR) is 79.1 cm³/mol. The maximum Gasteiger partial charge on any atom is 0.122 e. The minimum Gasteiger partial charge on any atom is -0.230 e. The quantitative estimate of drug-likeness (QED) is 0.484. The first-order valence-corrected chi connectivity index (χ1v) is 7.98. The van der Waals surface area contributed by atoms with Crippen LogP contribution in [0.3, 0.4) is 0 Å². The molecule has 1 rings (SSSR count). The Morgan fingerprint density at radius 2 is 1.10 bits per heavy atom. The number of rotatable bonds is 8. The number of hydrogen-bond acceptors (Lipinski definition) is 4. The molecule has 0 aromatic rings. The molecule has 2 unspecified atom stereocenters. The van der Waals surface area contributed by atoms with Gasteiger partial charge in [0.2, 0.25) is 0 Å². The van der Waals surface area contributed by atoms with Gasteiger partial charge in [-0.3, -0.25) is 0 Å². The van der Waals surface area contributed by atoms with Crippen LogP contribution in [0.4, 0.5) is 0 Å². The fraction of sp³-hybridized carbons (Fsp3) is 1.00. The molecular formula is C16H32O4. The molecule has 0 aromatic carbocycles. The fourth-order valence-corrected chi connectivity index (χ4v) is 1.78. The third-order valence-corrected chi connectivity index (χ3v) is 4.14. The highest BCUT2D eigenvalue weighted by atomic mass is 17.2. The first-order chi connectivity index (χ1) is 9.29. The standard InChI is InChI=1S/C16H32O4/c1-7-15(3,4)19-17-13-11-9-10-12-14(13)18-20-16(5,6)8-2/h13-14H,7-12H2,1-6H3. The van der Waals surface area contributed by atoms with E-state index in [1.54, 1.807) is 0 Å². The minimum absolute atomic E-state index is 0.0396. The van der Waals surface area contributed by atoms with E-state index in [-0.39, 0.29) is 23.4 Å². The third-order valence-electron chi connectivity index (χ3n) is 4.14. The molecule has 0 amide bonds. The van der Waals surface area contributed by atoms with E-state index in [2.05, 4.69) is 13.8 Å². The van der Waals surface area contributed by atoms with Gasteiger partial charge in [-0.15, -0.1) is 0 Å². The van der Waals surface area contributed by atoms with Crippen LogP contribution >= 0.6 is 0 Å². The summed E-state index contributed by atoms with van der Waals surface area (Å²) in [6, 6.07) is 0. The summed E-state index contributed by atoms with van der Waals surface area (Å²) in [6.45, 7) is 12.3. The maximum atomic E-state index is 5.65. The molecule has 0 aliphatic heterocycles. The van der Waals surface area contributed by atoms with E-state index in [1.807, 2.05) is 27.7 Å². The van der Waals surface area contributed by atoms with Crippen molar-refractivity contribution in [2.75, 3.05) is 0 Å². The third kappa shape index (κ3) is 6.08. The molecule has 1 fully saturated rings. The first-order valence-electron chi connectivity index (χ1n) is 7.98. The molecule has 4 nitrogen and oxygen atoms in total. The molecule has 0 N–H and O–H groups in total. The topological polar surface area (TPSA) is 36.9 Å². The monoisotopic (exact) mass is 288 g/mol. The van der Waals surface area contributed by atoms with E-state index in [0.717, 1.165) is 38.5 Å². The SMILES string of the molecule is CCC(C)(C)OOC1CCCCC1OOC(C)(C)CC. The summed E-state index contributed by atoms with van der Waals surface area (Å²) >= 11 is 0. The van der Waals surface area contributed by atoms with Crippen molar-refractivity contribution in [3.05, 3.63) is 0 Å². The summed E-state index contributed by atoms with van der Waals surface area (Å²) in [7, 11) is 0. The van der Waals surface area contributed by atoms with Gasteiger partial charge in [0, 0.05) is 0 Å². The van der Waals surface area contributed by atoms with Gasteiger partial charge < -0.3 is 0 Å². The molecule has 20 heavy (non-hydrogen) atoms. The Morgan fingerprint density at radius 3 is 1.40 bits per heavy atom. The van der Waals surface area contributed by atoms with Crippen molar-refractivity contribution in [1.29, 1.82) is 0 Å². The molecule has 0 radical (unpaired) electrons. The Labute approximate surface area is 124 Å². The van der Waals surface area contributed by atoms with Crippen LogP contribution < -0.4 is 0 Å². The van der Waals surface area contributed by atoms with Gasteiger partial charge in [-0.1, -0.05) is 26.7 Å². The van der Waals surface area contributed by atoms with Crippen LogP contribution in [0.2, 0.25) is 0 Å². The van der Waals surface area contributed by atoms with Gasteiger partial charge in [0.1, 0.15) is 12.2 Å². The summed E-state index contributed by atoms with van der Waals surface area (Å²) < 4.78 is 0. The zero-order valence-electron chi connectivity index (χ0n) is 14.0. The largest absolute Gasteiger partial charge is 0.230 e. The zero-order valence-corrected chi connectivity index (χ0v) is 14.0. The second-order valence-corrected chi connectivity index (χ2v) is 6.95. The Bertz CT molecular complexity index is 248. The van der Waals surface area contributed by atoms with Crippen LogP contribution in [0.15, 0.2) is 0 Å². The summed E-state index contributed by atoms with van der Waals surface area (Å²) in [5.41, 5.74) is -0.517. The highest BCUT2D eigenvalue weighted by Gasteiger charge is 2.32. The predicted octanol–water partition coefficient (Wildman–Crippen LogP) is 4.57. The van der Waals surface area contributed by atoms with Gasteiger partial charge in [-0.05, 0) is 53.4 Å². The molecule has 0 bridgehead atoms. The summed E-state index contributed by atoms with van der Waals surface area (Å²) in [5.74, 6) is 0. The van der Waals surface area contributed by atoms with E-state index in [1.165, 1.54) is 0 Å². The normalized spacial score (nSPS) is 24.9. The lowest BCUT2D eigenvalue weighted by Crippen LogP contribution is -2.39. The molecule has 1 saturated carbocycles. The molecule has 1 aliphatic carbocycles. The maximum absolute atomic E-state index is 5.65. The van der Waals surface area contributed by atoms with E-state index < -0.39 is 0 Å². The first kappa shape index (κ1) is 17.9. The Morgan fingerprint density at radius 1 is 0.750 bits per heavy atom. The second kappa shape index (κ2) is 7.74. The average Bonchev–Trinajstić information content (AvgIpc) is 2.44. The molecule has 1 aliphatic rings. The lowest BCUT2D eigenvalue weighted by molar-refractivity contribution is -0.437. The van der Waals surface area contributed by atoms with Gasteiger partial charge in [-0.25, -0.2) is 19.6 Å². The van der Waals surface area contributed by atoms with E-state index in [9.17, 15) is 0 Å². The highest BCUT2D eigenvalue weighted by Crippen LogP contribution is 2.28. The molecule has 0 heterocycles. The van der Waals surface area contributed by atoms with Crippen molar-refractivity contribution in [2.45, 2.75) is 103 Å². The van der Waals surface area contributed by atoms with Crippen molar-refractivity contribution in [1.82, 2.24) is 0 Å². The molecule has 0 spiro atoms. The van der Waals surface area contributed by atoms with Crippen molar-refractivity contribution in [3.63, 3.8) is 0 Å². The molecule has 0 saturated heterocycles. The van der Waals surface area contributed by atoms with E-state index in [4.69, 9.17) is 19.6 Å². The Hall–Kier alpha value is -0.160. The average molecular weight is 288 g/mol. The van der Waals surface area contributed by atoms with Crippen LogP contribution in [0.1, 0.15) is 80.1 Å². The van der Waals surface area contributed by atoms with Gasteiger partial charge >= 0.3 is 0 Å². The van der Waals surface area contributed by atoms with Crippen molar-refractivity contribution in [3.8, 4) is 0 Å². The lowest BCUT2D eigenvalue weighted by atomic mass is 9.95. The molecule has 4 heteroatoms. The fourth-order valence-electron chi connectivity index (χ4n) is 1.78. The molecule has 0 aromatic heterocycles. The van der Waals surface area contributed by atoms with E-state index >= 15 is 0 Å². The summed E-state index contributed by atoms with van der Waals surface area (Å²) in [4.78, 5) is 22.4. The van der Waals surface area contributed by atoms with Crippen molar-refractivity contribution in [2.24, 2.45) is 0 Å². The summed E-state index contributed by atoms with van der Waals surface area (Å²) in [6.07, 6.45) is 5.95. The number of hydrogen-bond donors (Lipinski definition) is 0. The van der Waals surface area contributed by atoms with Crippen molar-refractivity contribution >= 4 is 0 Å². The Kier molecular flexibility index (Phi) is 6.92. The van der Waals surface area contributed by atoms with Gasteiger partial charge in [-0.2, -0.15) is 0 Å². The van der Waals surface area contributed by atoms with Crippen LogP contribution in [0, 0.1) is 0 Å². The highest BCUT2D eigenvalue weighted by molar-refractivity contribution is 4.75.